The molecule has 3 aromatic rings. The molecule has 1 saturated carbocycles. The molecule has 2 aromatic heterocycles. The van der Waals surface area contributed by atoms with Crippen LogP contribution >= 0.6 is 11.3 Å². The number of aryl methyl sites for hydroxylation is 3. The van der Waals surface area contributed by atoms with Gasteiger partial charge < -0.3 is 16.0 Å². The zero-order valence-electron chi connectivity index (χ0n) is 15.9. The van der Waals surface area contributed by atoms with Crippen molar-refractivity contribution in [1.29, 1.82) is 0 Å². The van der Waals surface area contributed by atoms with E-state index >= 15 is 0 Å². The van der Waals surface area contributed by atoms with E-state index < -0.39 is 0 Å². The molecule has 8 heteroatoms. The number of amides is 3. The van der Waals surface area contributed by atoms with Crippen LogP contribution in [0.4, 0.5) is 16.2 Å². The molecular weight excluding hydrogens is 374 g/mol. The minimum Gasteiger partial charge on any atom is -0.335 e. The van der Waals surface area contributed by atoms with Gasteiger partial charge in [0.15, 0.2) is 0 Å². The van der Waals surface area contributed by atoms with Gasteiger partial charge in [-0.3, -0.25) is 4.79 Å². The maximum absolute atomic E-state index is 12.8. The number of urea groups is 1. The summed E-state index contributed by atoms with van der Waals surface area (Å²) in [5, 5.41) is 9.51. The molecule has 1 aliphatic rings. The highest BCUT2D eigenvalue weighted by Gasteiger charge is 2.23. The minimum absolute atomic E-state index is 0.176. The highest BCUT2D eigenvalue weighted by Crippen LogP contribution is 2.31. The van der Waals surface area contributed by atoms with E-state index in [0.29, 0.717) is 28.1 Å². The first-order valence-corrected chi connectivity index (χ1v) is 9.95. The van der Waals surface area contributed by atoms with Gasteiger partial charge in [0, 0.05) is 28.5 Å². The second-order valence-electron chi connectivity index (χ2n) is 7.00. The van der Waals surface area contributed by atoms with Gasteiger partial charge in [-0.15, -0.1) is 11.3 Å². The van der Waals surface area contributed by atoms with Crippen molar-refractivity contribution in [3.8, 4) is 0 Å². The van der Waals surface area contributed by atoms with E-state index in [1.807, 2.05) is 20.8 Å². The Morgan fingerprint density at radius 1 is 1.00 bits per heavy atom. The van der Waals surface area contributed by atoms with Crippen molar-refractivity contribution in [2.75, 3.05) is 10.6 Å². The van der Waals surface area contributed by atoms with Crippen LogP contribution in [0.1, 0.15) is 39.6 Å². The first kappa shape index (κ1) is 18.4. The molecule has 0 bridgehead atoms. The predicted octanol–water partition coefficient (Wildman–Crippen LogP) is 4.15. The Morgan fingerprint density at radius 2 is 1.64 bits per heavy atom. The monoisotopic (exact) mass is 395 g/mol. The second kappa shape index (κ2) is 7.20. The molecule has 0 aliphatic heterocycles. The maximum atomic E-state index is 12.8. The number of rotatable bonds is 4. The molecule has 3 N–H and O–H groups in total. The molecule has 0 radical (unpaired) electrons. The van der Waals surface area contributed by atoms with Gasteiger partial charge in [-0.05, 0) is 63.4 Å². The normalized spacial score (nSPS) is 13.4. The Hall–Kier alpha value is -3.00. The predicted molar refractivity (Wildman–Crippen MR) is 111 cm³/mol. The highest BCUT2D eigenvalue weighted by molar-refractivity contribution is 7.20. The van der Waals surface area contributed by atoms with Crippen LogP contribution in [0.15, 0.2) is 24.3 Å². The molecule has 0 atom stereocenters. The van der Waals surface area contributed by atoms with Gasteiger partial charge >= 0.3 is 6.03 Å². The first-order chi connectivity index (χ1) is 13.4. The Kier molecular flexibility index (Phi) is 4.72. The number of hydrogen-bond acceptors (Lipinski definition) is 5. The molecule has 1 fully saturated rings. The maximum Gasteiger partial charge on any atom is 0.319 e. The van der Waals surface area contributed by atoms with Crippen molar-refractivity contribution in [1.82, 2.24) is 15.3 Å². The molecule has 0 spiro atoms. The number of carbonyl (C=O) groups excluding carboxylic acids is 2. The van der Waals surface area contributed by atoms with Crippen molar-refractivity contribution in [2.45, 2.75) is 39.7 Å². The summed E-state index contributed by atoms with van der Waals surface area (Å²) in [5.41, 5.74) is 3.12. The van der Waals surface area contributed by atoms with Crippen LogP contribution in [0.2, 0.25) is 0 Å². The SMILES string of the molecule is Cc1nc(C)c2c(C)c(C(=O)Nc3ccc(NC(=O)NC4CC4)cc3)sc2n1. The number of anilines is 2. The zero-order valence-corrected chi connectivity index (χ0v) is 16.7. The van der Waals surface area contributed by atoms with E-state index in [-0.39, 0.29) is 11.9 Å². The van der Waals surface area contributed by atoms with Crippen molar-refractivity contribution >= 4 is 44.9 Å². The fourth-order valence-electron chi connectivity index (χ4n) is 3.10. The van der Waals surface area contributed by atoms with Crippen LogP contribution in [0.25, 0.3) is 10.2 Å². The third-order valence-electron chi connectivity index (χ3n) is 4.60. The molecule has 1 aromatic carbocycles. The van der Waals surface area contributed by atoms with E-state index in [1.165, 1.54) is 11.3 Å². The van der Waals surface area contributed by atoms with Crippen LogP contribution in [0, 0.1) is 20.8 Å². The number of fused-ring (bicyclic) bond motifs is 1. The van der Waals surface area contributed by atoms with E-state index in [2.05, 4.69) is 25.9 Å². The average Bonchev–Trinajstić information content (AvgIpc) is 3.37. The molecule has 28 heavy (non-hydrogen) atoms. The summed E-state index contributed by atoms with van der Waals surface area (Å²) in [4.78, 5) is 34.9. The number of aromatic nitrogens is 2. The zero-order chi connectivity index (χ0) is 19.8. The van der Waals surface area contributed by atoms with Gasteiger partial charge in [-0.2, -0.15) is 0 Å². The molecule has 0 saturated heterocycles. The summed E-state index contributed by atoms with van der Waals surface area (Å²) in [5.74, 6) is 0.525. The lowest BCUT2D eigenvalue weighted by Crippen LogP contribution is -2.30. The third kappa shape index (κ3) is 3.82. The smallest absolute Gasteiger partial charge is 0.319 e. The molecule has 4 rings (SSSR count). The molecule has 7 nitrogen and oxygen atoms in total. The number of nitrogens with zero attached hydrogens (tertiary/aromatic N) is 2. The highest BCUT2D eigenvalue weighted by atomic mass is 32.1. The first-order valence-electron chi connectivity index (χ1n) is 9.14. The number of benzene rings is 1. The number of carbonyl (C=O) groups is 2. The van der Waals surface area contributed by atoms with Crippen LogP contribution < -0.4 is 16.0 Å². The number of nitrogens with one attached hydrogen (secondary N) is 3. The van der Waals surface area contributed by atoms with E-state index in [0.717, 1.165) is 34.3 Å². The summed E-state index contributed by atoms with van der Waals surface area (Å²) in [7, 11) is 0. The van der Waals surface area contributed by atoms with Crippen LogP contribution in [-0.2, 0) is 0 Å². The van der Waals surface area contributed by atoms with Gasteiger partial charge in [-0.1, -0.05) is 0 Å². The minimum atomic E-state index is -0.202. The Labute approximate surface area is 166 Å². The van der Waals surface area contributed by atoms with Crippen molar-refractivity contribution in [3.63, 3.8) is 0 Å². The van der Waals surface area contributed by atoms with Crippen molar-refractivity contribution in [3.05, 3.63) is 46.2 Å². The number of thiophene rings is 1. The van der Waals surface area contributed by atoms with Gasteiger partial charge in [0.2, 0.25) is 0 Å². The summed E-state index contributed by atoms with van der Waals surface area (Å²) >= 11 is 1.37. The van der Waals surface area contributed by atoms with Crippen LogP contribution in [-0.4, -0.2) is 27.9 Å². The van der Waals surface area contributed by atoms with Gasteiger partial charge in [0.05, 0.1) is 4.88 Å². The average molecular weight is 395 g/mol. The Balaban J connectivity index is 1.47. The Morgan fingerprint density at radius 3 is 2.29 bits per heavy atom. The van der Waals surface area contributed by atoms with Crippen LogP contribution in [0.3, 0.4) is 0 Å². The second-order valence-corrected chi connectivity index (χ2v) is 8.00. The van der Waals surface area contributed by atoms with Gasteiger partial charge in [0.25, 0.3) is 5.91 Å². The molecule has 1 aliphatic carbocycles. The topological polar surface area (TPSA) is 96.0 Å². The Bertz CT molecular complexity index is 1070. The molecule has 0 unspecified atom stereocenters. The quantitative estimate of drug-likeness (QED) is 0.618. The lowest BCUT2D eigenvalue weighted by Gasteiger charge is -2.08. The number of hydrogen-bond donors (Lipinski definition) is 3. The third-order valence-corrected chi connectivity index (χ3v) is 5.79. The van der Waals surface area contributed by atoms with Gasteiger partial charge in [-0.25, -0.2) is 14.8 Å². The summed E-state index contributed by atoms with van der Waals surface area (Å²) in [6.07, 6.45) is 2.08. The van der Waals surface area contributed by atoms with Crippen LogP contribution in [0.5, 0.6) is 0 Å². The van der Waals surface area contributed by atoms with Crippen molar-refractivity contribution < 1.29 is 9.59 Å². The summed E-state index contributed by atoms with van der Waals surface area (Å²) in [6, 6.07) is 7.16. The lowest BCUT2D eigenvalue weighted by molar-refractivity contribution is 0.103. The van der Waals surface area contributed by atoms with E-state index in [9.17, 15) is 9.59 Å². The molecule has 3 amide bonds. The largest absolute Gasteiger partial charge is 0.335 e. The fraction of sp³-hybridized carbons (Fsp3) is 0.300. The summed E-state index contributed by atoms with van der Waals surface area (Å²) < 4.78 is 0. The molecule has 144 valence electrons. The standard InChI is InChI=1S/C20H21N5O2S/c1-10-16-11(2)21-12(3)22-19(16)28-17(10)18(26)23-13-4-6-14(7-5-13)24-20(27)25-15-8-9-15/h4-7,15H,8-9H2,1-3H3,(H,23,26)(H2,24,25,27). The van der Waals surface area contributed by atoms with E-state index in [4.69, 9.17) is 0 Å². The van der Waals surface area contributed by atoms with Gasteiger partial charge in [0.1, 0.15) is 10.7 Å². The fourth-order valence-corrected chi connectivity index (χ4v) is 4.27. The summed E-state index contributed by atoms with van der Waals surface area (Å²) in [6.45, 7) is 5.70. The van der Waals surface area contributed by atoms with E-state index in [1.54, 1.807) is 24.3 Å². The molecular formula is C20H21N5O2S. The molecule has 2 heterocycles. The lowest BCUT2D eigenvalue weighted by atomic mass is 10.1. The van der Waals surface area contributed by atoms with Crippen molar-refractivity contribution in [2.24, 2.45) is 0 Å².